The van der Waals surface area contributed by atoms with E-state index >= 15 is 0 Å². The first-order chi connectivity index (χ1) is 5.20. The number of nitrogens with two attached hydrogens (primary N) is 1. The quantitative estimate of drug-likeness (QED) is 0.608. The van der Waals surface area contributed by atoms with Crippen LogP contribution in [-0.4, -0.2) is 14.8 Å². The molecule has 1 aromatic rings. The molecule has 1 rings (SSSR count). The highest BCUT2D eigenvalue weighted by atomic mass is 32.1. The fraction of sp³-hybridized carbons (Fsp3) is 0.167. The molecule has 11 heavy (non-hydrogen) atoms. The molecule has 0 unspecified atom stereocenters. The van der Waals surface area contributed by atoms with Gasteiger partial charge in [-0.3, -0.25) is 4.79 Å². The van der Waals surface area contributed by atoms with Crippen molar-refractivity contribution in [3.8, 4) is 0 Å². The van der Waals surface area contributed by atoms with Gasteiger partial charge in [-0.2, -0.15) is 5.10 Å². The Morgan fingerprint density at radius 2 is 2.55 bits per heavy atom. The summed E-state index contributed by atoms with van der Waals surface area (Å²) in [6.45, 7) is 0.203. The molecule has 5 heteroatoms. The third-order valence-corrected chi connectivity index (χ3v) is 1.22. The van der Waals surface area contributed by atoms with Crippen molar-refractivity contribution in [3.63, 3.8) is 0 Å². The van der Waals surface area contributed by atoms with Crippen LogP contribution < -0.4 is 11.3 Å². The average molecular weight is 169 g/mol. The van der Waals surface area contributed by atoms with Crippen molar-refractivity contribution >= 4 is 17.2 Å². The third-order valence-electron chi connectivity index (χ3n) is 1.09. The number of thiocarbonyl (C=S) groups is 1. The standard InChI is InChI=1S/C6H7N3OS/c7-5(11)4-9-6(10)2-1-3-8-9/h1-3H,4H2,(H2,7,11). The van der Waals surface area contributed by atoms with Crippen LogP contribution in [0.4, 0.5) is 0 Å². The Balaban J connectivity index is 2.95. The molecule has 0 atom stereocenters. The number of rotatable bonds is 2. The zero-order valence-electron chi connectivity index (χ0n) is 5.73. The maximum atomic E-state index is 10.9. The van der Waals surface area contributed by atoms with Crippen molar-refractivity contribution in [1.82, 2.24) is 9.78 Å². The Morgan fingerprint density at radius 3 is 3.09 bits per heavy atom. The normalized spacial score (nSPS) is 9.45. The first-order valence-electron chi connectivity index (χ1n) is 3.00. The topological polar surface area (TPSA) is 60.9 Å². The third kappa shape index (κ3) is 2.12. The van der Waals surface area contributed by atoms with Crippen LogP contribution in [0.2, 0.25) is 0 Å². The minimum absolute atomic E-state index is 0.194. The summed E-state index contributed by atoms with van der Waals surface area (Å²) in [6, 6.07) is 2.98. The Labute approximate surface area is 68.6 Å². The molecule has 58 valence electrons. The van der Waals surface area contributed by atoms with Crippen molar-refractivity contribution in [2.45, 2.75) is 6.54 Å². The van der Waals surface area contributed by atoms with E-state index in [0.29, 0.717) is 0 Å². The molecular weight excluding hydrogens is 162 g/mol. The molecule has 0 fully saturated rings. The molecule has 0 saturated heterocycles. The zero-order chi connectivity index (χ0) is 8.27. The average Bonchev–Trinajstić information content (AvgIpc) is 1.93. The van der Waals surface area contributed by atoms with E-state index in [9.17, 15) is 4.79 Å². The van der Waals surface area contributed by atoms with Gasteiger partial charge in [-0.1, -0.05) is 12.2 Å². The molecule has 0 saturated carbocycles. The van der Waals surface area contributed by atoms with Gasteiger partial charge in [0.05, 0.1) is 11.5 Å². The van der Waals surface area contributed by atoms with E-state index in [4.69, 9.17) is 5.73 Å². The van der Waals surface area contributed by atoms with E-state index in [1.165, 1.54) is 16.9 Å². The molecule has 0 aliphatic rings. The number of hydrogen-bond acceptors (Lipinski definition) is 3. The largest absolute Gasteiger partial charge is 0.392 e. The predicted octanol–water partition coefficient (Wildman–Crippen LogP) is -0.471. The second kappa shape index (κ2) is 3.25. The van der Waals surface area contributed by atoms with Gasteiger partial charge in [0.15, 0.2) is 0 Å². The number of nitrogens with zero attached hydrogens (tertiary/aromatic N) is 2. The van der Waals surface area contributed by atoms with Gasteiger partial charge in [0.2, 0.25) is 0 Å². The summed E-state index contributed by atoms with van der Waals surface area (Å²) in [4.78, 5) is 11.2. The van der Waals surface area contributed by atoms with Crippen LogP contribution in [0.1, 0.15) is 0 Å². The monoisotopic (exact) mass is 169 g/mol. The van der Waals surface area contributed by atoms with Gasteiger partial charge < -0.3 is 5.73 Å². The molecule has 0 spiro atoms. The lowest BCUT2D eigenvalue weighted by molar-refractivity contribution is 0.672. The van der Waals surface area contributed by atoms with E-state index in [2.05, 4.69) is 17.3 Å². The van der Waals surface area contributed by atoms with Gasteiger partial charge in [-0.05, 0) is 6.07 Å². The summed E-state index contributed by atoms with van der Waals surface area (Å²) < 4.78 is 1.21. The molecule has 0 amide bonds. The van der Waals surface area contributed by atoms with Gasteiger partial charge in [0.1, 0.15) is 0 Å². The summed E-state index contributed by atoms with van der Waals surface area (Å²) in [5, 5.41) is 3.76. The maximum Gasteiger partial charge on any atom is 0.267 e. The first kappa shape index (κ1) is 7.87. The molecule has 4 nitrogen and oxygen atoms in total. The molecule has 1 aromatic heterocycles. The Kier molecular flexibility index (Phi) is 2.32. The minimum atomic E-state index is -0.194. The lowest BCUT2D eigenvalue weighted by Gasteiger charge is -1.99. The van der Waals surface area contributed by atoms with E-state index in [1.54, 1.807) is 6.07 Å². The van der Waals surface area contributed by atoms with Crippen LogP contribution in [0.25, 0.3) is 0 Å². The Morgan fingerprint density at radius 1 is 1.82 bits per heavy atom. The SMILES string of the molecule is NC(=S)Cn1ncccc1=O. The lowest BCUT2D eigenvalue weighted by atomic mass is 10.5. The highest BCUT2D eigenvalue weighted by Crippen LogP contribution is 1.76. The van der Waals surface area contributed by atoms with Crippen LogP contribution in [0.5, 0.6) is 0 Å². The van der Waals surface area contributed by atoms with E-state index in [-0.39, 0.29) is 17.1 Å². The molecule has 0 aliphatic carbocycles. The molecular formula is C6H7N3OS. The second-order valence-electron chi connectivity index (χ2n) is 1.99. The van der Waals surface area contributed by atoms with E-state index in [0.717, 1.165) is 0 Å². The van der Waals surface area contributed by atoms with E-state index in [1.807, 2.05) is 0 Å². The minimum Gasteiger partial charge on any atom is -0.392 e. The van der Waals surface area contributed by atoms with Crippen molar-refractivity contribution in [1.29, 1.82) is 0 Å². The highest BCUT2D eigenvalue weighted by molar-refractivity contribution is 7.80. The van der Waals surface area contributed by atoms with Gasteiger partial charge >= 0.3 is 0 Å². The fourth-order valence-corrected chi connectivity index (χ4v) is 0.776. The van der Waals surface area contributed by atoms with Crippen molar-refractivity contribution in [2.75, 3.05) is 0 Å². The summed E-state index contributed by atoms with van der Waals surface area (Å²) in [5.41, 5.74) is 5.03. The van der Waals surface area contributed by atoms with Crippen LogP contribution in [0, 0.1) is 0 Å². The smallest absolute Gasteiger partial charge is 0.267 e. The summed E-state index contributed by atoms with van der Waals surface area (Å²) >= 11 is 4.62. The zero-order valence-corrected chi connectivity index (χ0v) is 6.54. The second-order valence-corrected chi connectivity index (χ2v) is 2.51. The van der Waals surface area contributed by atoms with Gasteiger partial charge in [0, 0.05) is 12.3 Å². The molecule has 1 heterocycles. The van der Waals surface area contributed by atoms with Crippen LogP contribution >= 0.6 is 12.2 Å². The van der Waals surface area contributed by atoms with Crippen molar-refractivity contribution in [3.05, 3.63) is 28.7 Å². The molecule has 0 radical (unpaired) electrons. The van der Waals surface area contributed by atoms with Crippen LogP contribution in [0.15, 0.2) is 23.1 Å². The Bertz CT molecular complexity index is 320. The summed E-state index contributed by atoms with van der Waals surface area (Å²) in [7, 11) is 0. The van der Waals surface area contributed by atoms with Crippen LogP contribution in [0.3, 0.4) is 0 Å². The van der Waals surface area contributed by atoms with Crippen molar-refractivity contribution in [2.24, 2.45) is 5.73 Å². The van der Waals surface area contributed by atoms with Gasteiger partial charge in [0.25, 0.3) is 5.56 Å². The van der Waals surface area contributed by atoms with E-state index < -0.39 is 0 Å². The molecule has 0 bridgehead atoms. The molecule has 0 aliphatic heterocycles. The number of aromatic nitrogens is 2. The first-order valence-corrected chi connectivity index (χ1v) is 3.41. The van der Waals surface area contributed by atoms with Crippen molar-refractivity contribution < 1.29 is 0 Å². The predicted molar refractivity (Wildman–Crippen MR) is 45.3 cm³/mol. The van der Waals surface area contributed by atoms with Gasteiger partial charge in [-0.15, -0.1) is 0 Å². The number of hydrogen-bond donors (Lipinski definition) is 1. The summed E-state index contributed by atoms with van der Waals surface area (Å²) in [6.07, 6.45) is 1.51. The Hall–Kier alpha value is -1.23. The fourth-order valence-electron chi connectivity index (χ4n) is 0.654. The summed E-state index contributed by atoms with van der Waals surface area (Å²) in [5.74, 6) is 0. The highest BCUT2D eigenvalue weighted by Gasteiger charge is 1.94. The maximum absolute atomic E-state index is 10.9. The lowest BCUT2D eigenvalue weighted by Crippen LogP contribution is -2.27. The van der Waals surface area contributed by atoms with Crippen LogP contribution in [-0.2, 0) is 6.54 Å². The molecule has 2 N–H and O–H groups in total. The molecule has 0 aromatic carbocycles. The van der Waals surface area contributed by atoms with Gasteiger partial charge in [-0.25, -0.2) is 4.68 Å².